The summed E-state index contributed by atoms with van der Waals surface area (Å²) in [6.45, 7) is 2.45. The van der Waals surface area contributed by atoms with Gasteiger partial charge in [0.05, 0.1) is 17.0 Å². The molecule has 5 rings (SSSR count). The third-order valence-corrected chi connectivity index (χ3v) is 5.54. The lowest BCUT2D eigenvalue weighted by Crippen LogP contribution is -2.23. The van der Waals surface area contributed by atoms with Crippen molar-refractivity contribution in [3.05, 3.63) is 48.7 Å². The molecule has 1 fully saturated rings. The molecule has 0 spiro atoms. The molecule has 1 aromatic carbocycles. The second kappa shape index (κ2) is 7.10. The summed E-state index contributed by atoms with van der Waals surface area (Å²) in [5, 5.41) is 1.21. The summed E-state index contributed by atoms with van der Waals surface area (Å²) in [5.74, 6) is 1.03. The monoisotopic (exact) mass is 408 g/mol. The van der Waals surface area contributed by atoms with Crippen LogP contribution in [0.15, 0.2) is 42.9 Å². The molecule has 4 N–H and O–H groups in total. The van der Waals surface area contributed by atoms with E-state index >= 15 is 0 Å². The molecule has 9 heteroatoms. The zero-order valence-electron chi connectivity index (χ0n) is 16.3. The van der Waals surface area contributed by atoms with Gasteiger partial charge in [0.1, 0.15) is 36.5 Å². The summed E-state index contributed by atoms with van der Waals surface area (Å²) in [6.07, 6.45) is 2.90. The van der Waals surface area contributed by atoms with Crippen LogP contribution in [0.5, 0.6) is 5.75 Å². The lowest BCUT2D eigenvalue weighted by atomic mass is 10.0. The van der Waals surface area contributed by atoms with Gasteiger partial charge in [-0.2, -0.15) is 0 Å². The normalized spacial score (nSPS) is 21.5. The van der Waals surface area contributed by atoms with Crippen molar-refractivity contribution in [3.63, 3.8) is 0 Å². The van der Waals surface area contributed by atoms with Crippen molar-refractivity contribution in [1.29, 1.82) is 0 Å². The first kappa shape index (κ1) is 18.6. The first-order valence-electron chi connectivity index (χ1n) is 9.70. The van der Waals surface area contributed by atoms with Gasteiger partial charge in [0.2, 0.25) is 0 Å². The van der Waals surface area contributed by atoms with E-state index in [1.807, 2.05) is 24.3 Å². The number of rotatable bonds is 4. The average molecular weight is 408 g/mol. The summed E-state index contributed by atoms with van der Waals surface area (Å²) in [7, 11) is 0. The van der Waals surface area contributed by atoms with E-state index in [0.29, 0.717) is 30.2 Å². The molecule has 154 valence electrons. The Balaban J connectivity index is 1.32. The van der Waals surface area contributed by atoms with E-state index in [2.05, 4.69) is 21.9 Å². The van der Waals surface area contributed by atoms with Crippen molar-refractivity contribution in [2.75, 3.05) is 18.1 Å². The lowest BCUT2D eigenvalue weighted by Gasteiger charge is -2.17. The first-order chi connectivity index (χ1) is 14.5. The van der Waals surface area contributed by atoms with Crippen LogP contribution in [0, 0.1) is 11.7 Å². The molecular weight excluding hydrogens is 387 g/mol. The summed E-state index contributed by atoms with van der Waals surface area (Å²) in [4.78, 5) is 12.4. The van der Waals surface area contributed by atoms with Crippen molar-refractivity contribution in [1.82, 2.24) is 19.5 Å². The van der Waals surface area contributed by atoms with Crippen molar-refractivity contribution >= 4 is 33.6 Å². The molecule has 0 bridgehead atoms. The van der Waals surface area contributed by atoms with Gasteiger partial charge in [-0.1, -0.05) is 6.92 Å². The first-order valence-corrected chi connectivity index (χ1v) is 9.70. The Morgan fingerprint density at radius 2 is 2.07 bits per heavy atom. The van der Waals surface area contributed by atoms with Gasteiger partial charge in [-0.25, -0.2) is 19.3 Å². The predicted molar refractivity (Wildman–Crippen MR) is 111 cm³/mol. The van der Waals surface area contributed by atoms with Crippen molar-refractivity contribution in [2.24, 2.45) is 5.92 Å². The maximum absolute atomic E-state index is 14.4. The minimum Gasteiger partial charge on any atom is -0.491 e. The van der Waals surface area contributed by atoms with Crippen LogP contribution >= 0.6 is 0 Å². The van der Waals surface area contributed by atoms with Gasteiger partial charge in [-0.3, -0.25) is 0 Å². The standard InChI is InChI=1S/C21H21FN6O2/c1-11-6-18(28-8-14(22)19-20(24)25-10-26-21(19)28)30-16(11)9-29-13-4-2-12-3-5-17(23)27-15(12)7-13/h2-5,7-8,10-11,16,18H,6,9H2,1H3,(H2,23,27)(H2,24,25,26). The molecule has 1 aliphatic rings. The minimum absolute atomic E-state index is 0.118. The van der Waals surface area contributed by atoms with E-state index in [0.717, 1.165) is 10.9 Å². The molecule has 3 aromatic heterocycles. The van der Waals surface area contributed by atoms with Crippen LogP contribution < -0.4 is 16.2 Å². The van der Waals surface area contributed by atoms with Crippen LogP contribution in [0.25, 0.3) is 21.9 Å². The molecule has 0 amide bonds. The quantitative estimate of drug-likeness (QED) is 0.532. The molecule has 0 saturated carbocycles. The molecule has 3 unspecified atom stereocenters. The highest BCUT2D eigenvalue weighted by molar-refractivity contribution is 5.86. The lowest BCUT2D eigenvalue weighted by molar-refractivity contribution is -0.0226. The Bertz CT molecular complexity index is 1240. The summed E-state index contributed by atoms with van der Waals surface area (Å²) in [5.41, 5.74) is 12.8. The number of ether oxygens (including phenoxy) is 2. The van der Waals surface area contributed by atoms with E-state index in [9.17, 15) is 4.39 Å². The van der Waals surface area contributed by atoms with Gasteiger partial charge in [-0.05, 0) is 36.6 Å². The number of halogens is 1. The molecule has 4 heterocycles. The maximum atomic E-state index is 14.4. The SMILES string of the molecule is CC1CC(n2cc(F)c3c(N)ncnc32)OC1COc1ccc2ccc(N)nc2c1. The third-order valence-electron chi connectivity index (χ3n) is 5.54. The van der Waals surface area contributed by atoms with Crippen LogP contribution in [-0.4, -0.2) is 32.2 Å². The van der Waals surface area contributed by atoms with E-state index in [1.54, 1.807) is 10.6 Å². The Morgan fingerprint density at radius 3 is 2.93 bits per heavy atom. The molecule has 30 heavy (non-hydrogen) atoms. The molecule has 1 aliphatic heterocycles. The van der Waals surface area contributed by atoms with Crippen molar-refractivity contribution in [2.45, 2.75) is 25.7 Å². The van der Waals surface area contributed by atoms with E-state index < -0.39 is 5.82 Å². The van der Waals surface area contributed by atoms with Crippen LogP contribution in [-0.2, 0) is 4.74 Å². The Morgan fingerprint density at radius 1 is 1.23 bits per heavy atom. The van der Waals surface area contributed by atoms with E-state index in [4.69, 9.17) is 20.9 Å². The number of hydrogen-bond donors (Lipinski definition) is 2. The number of fused-ring (bicyclic) bond motifs is 2. The number of benzene rings is 1. The number of pyridine rings is 1. The van der Waals surface area contributed by atoms with Crippen LogP contribution in [0.2, 0.25) is 0 Å². The Labute approximate surface area is 171 Å². The molecule has 0 aliphatic carbocycles. The highest BCUT2D eigenvalue weighted by Gasteiger charge is 2.35. The smallest absolute Gasteiger partial charge is 0.154 e. The number of aromatic nitrogens is 4. The second-order valence-electron chi connectivity index (χ2n) is 7.59. The zero-order valence-corrected chi connectivity index (χ0v) is 16.3. The van der Waals surface area contributed by atoms with E-state index in [1.165, 1.54) is 12.5 Å². The fraction of sp³-hybridized carbons (Fsp3) is 0.286. The zero-order chi connectivity index (χ0) is 20.8. The van der Waals surface area contributed by atoms with Crippen LogP contribution in [0.3, 0.4) is 0 Å². The summed E-state index contributed by atoms with van der Waals surface area (Å²) in [6, 6.07) is 9.38. The van der Waals surface area contributed by atoms with Gasteiger partial charge >= 0.3 is 0 Å². The molecule has 0 radical (unpaired) electrons. The highest BCUT2D eigenvalue weighted by Crippen LogP contribution is 2.37. The van der Waals surface area contributed by atoms with Crippen LogP contribution in [0.1, 0.15) is 19.6 Å². The Hall–Kier alpha value is -3.46. The molecule has 1 saturated heterocycles. The number of nitrogen functional groups attached to an aromatic ring is 2. The largest absolute Gasteiger partial charge is 0.491 e. The van der Waals surface area contributed by atoms with Crippen LogP contribution in [0.4, 0.5) is 16.0 Å². The van der Waals surface area contributed by atoms with Crippen molar-refractivity contribution in [3.8, 4) is 5.75 Å². The number of nitrogens with zero attached hydrogens (tertiary/aromatic N) is 4. The predicted octanol–water partition coefficient (Wildman–Crippen LogP) is 3.29. The molecule has 3 atom stereocenters. The van der Waals surface area contributed by atoms with Gasteiger partial charge < -0.3 is 25.5 Å². The van der Waals surface area contributed by atoms with Gasteiger partial charge in [0.25, 0.3) is 0 Å². The second-order valence-corrected chi connectivity index (χ2v) is 7.59. The number of anilines is 2. The topological polar surface area (TPSA) is 114 Å². The third kappa shape index (κ3) is 3.17. The maximum Gasteiger partial charge on any atom is 0.154 e. The fourth-order valence-electron chi connectivity index (χ4n) is 3.91. The fourth-order valence-corrected chi connectivity index (χ4v) is 3.91. The van der Waals surface area contributed by atoms with Gasteiger partial charge in [0, 0.05) is 17.6 Å². The van der Waals surface area contributed by atoms with Crippen molar-refractivity contribution < 1.29 is 13.9 Å². The summed E-state index contributed by atoms with van der Waals surface area (Å²) >= 11 is 0. The highest BCUT2D eigenvalue weighted by atomic mass is 19.1. The number of hydrogen-bond acceptors (Lipinski definition) is 7. The molecule has 4 aromatic rings. The molecular formula is C21H21FN6O2. The van der Waals surface area contributed by atoms with Gasteiger partial charge in [-0.15, -0.1) is 0 Å². The molecule has 8 nitrogen and oxygen atoms in total. The van der Waals surface area contributed by atoms with E-state index in [-0.39, 0.29) is 29.5 Å². The van der Waals surface area contributed by atoms with Gasteiger partial charge in [0.15, 0.2) is 11.5 Å². The average Bonchev–Trinajstić information content (AvgIpc) is 3.26. The summed E-state index contributed by atoms with van der Waals surface area (Å²) < 4.78 is 28.2. The minimum atomic E-state index is -0.456. The Kier molecular flexibility index (Phi) is 4.39. The number of nitrogens with two attached hydrogens (primary N) is 2.